The number of urea groups is 1. The van der Waals surface area contributed by atoms with Crippen molar-refractivity contribution in [3.05, 3.63) is 57.8 Å². The number of nitrogens with one attached hydrogen (secondary N) is 3. The number of thiocarbonyl (C=S) groups is 1. The molecule has 24 heavy (non-hydrogen) atoms. The Bertz CT molecular complexity index is 685. The van der Waals surface area contributed by atoms with Crippen molar-refractivity contribution in [2.45, 2.75) is 19.6 Å². The zero-order valence-corrected chi connectivity index (χ0v) is 14.9. The molecule has 0 saturated carbocycles. The molecule has 1 aromatic carbocycles. The Kier molecular flexibility index (Phi) is 5.66. The summed E-state index contributed by atoms with van der Waals surface area (Å²) in [6.07, 6.45) is 0. The van der Waals surface area contributed by atoms with Crippen molar-refractivity contribution >= 4 is 34.7 Å². The number of nitrogens with zero attached hydrogens (tertiary/aromatic N) is 1. The largest absolute Gasteiger partial charge is 0.359 e. The summed E-state index contributed by atoms with van der Waals surface area (Å²) in [6, 6.07) is 12.4. The molecule has 2 heterocycles. The standard InChI is InChI=1S/C17H20N4OS2/c22-17-18-7-8-21(17)12-14-5-3-13(4-6-14)10-19-16(23)20-11-15-2-1-9-24-15/h1-6,9H,7-8,10-12H2,(H,18,22)(H2,19,20,23). The van der Waals surface area contributed by atoms with Gasteiger partial charge in [0, 0.05) is 31.1 Å². The van der Waals surface area contributed by atoms with Gasteiger partial charge in [-0.05, 0) is 34.8 Å². The zero-order valence-electron chi connectivity index (χ0n) is 13.2. The van der Waals surface area contributed by atoms with Crippen LogP contribution in [0.1, 0.15) is 16.0 Å². The molecule has 7 heteroatoms. The number of amides is 2. The Labute approximate surface area is 151 Å². The molecular weight excluding hydrogens is 340 g/mol. The van der Waals surface area contributed by atoms with E-state index in [1.165, 1.54) is 4.88 Å². The molecule has 1 fully saturated rings. The van der Waals surface area contributed by atoms with Crippen molar-refractivity contribution in [3.8, 4) is 0 Å². The molecule has 2 amide bonds. The van der Waals surface area contributed by atoms with Crippen LogP contribution in [-0.2, 0) is 19.6 Å². The van der Waals surface area contributed by atoms with Crippen molar-refractivity contribution in [1.82, 2.24) is 20.9 Å². The van der Waals surface area contributed by atoms with Crippen LogP contribution in [0.25, 0.3) is 0 Å². The van der Waals surface area contributed by atoms with Crippen LogP contribution in [-0.4, -0.2) is 29.1 Å². The van der Waals surface area contributed by atoms with Crippen LogP contribution in [0.4, 0.5) is 4.79 Å². The normalized spacial score (nSPS) is 13.7. The SMILES string of the molecule is O=C1NCCN1Cc1ccc(CNC(=S)NCc2cccs2)cc1. The van der Waals surface area contributed by atoms with Gasteiger partial charge >= 0.3 is 6.03 Å². The summed E-state index contributed by atoms with van der Waals surface area (Å²) in [5.74, 6) is 0. The number of benzene rings is 1. The highest BCUT2D eigenvalue weighted by Gasteiger charge is 2.18. The minimum Gasteiger partial charge on any atom is -0.359 e. The lowest BCUT2D eigenvalue weighted by molar-refractivity contribution is 0.215. The van der Waals surface area contributed by atoms with Crippen molar-refractivity contribution in [1.29, 1.82) is 0 Å². The smallest absolute Gasteiger partial charge is 0.317 e. The average molecular weight is 361 g/mol. The van der Waals surface area contributed by atoms with Gasteiger partial charge in [-0.1, -0.05) is 30.3 Å². The summed E-state index contributed by atoms with van der Waals surface area (Å²) in [4.78, 5) is 14.6. The van der Waals surface area contributed by atoms with Gasteiger partial charge in [0.1, 0.15) is 0 Å². The molecule has 1 aliphatic heterocycles. The number of hydrogen-bond donors (Lipinski definition) is 3. The minimum absolute atomic E-state index is 0.0166. The van der Waals surface area contributed by atoms with Crippen LogP contribution in [0.2, 0.25) is 0 Å². The number of rotatable bonds is 6. The number of carbonyl (C=O) groups excluding carboxylic acids is 1. The summed E-state index contributed by atoms with van der Waals surface area (Å²) < 4.78 is 0. The van der Waals surface area contributed by atoms with E-state index in [0.29, 0.717) is 18.2 Å². The quantitative estimate of drug-likeness (QED) is 0.693. The van der Waals surface area contributed by atoms with Crippen molar-refractivity contribution in [2.75, 3.05) is 13.1 Å². The lowest BCUT2D eigenvalue weighted by atomic mass is 10.1. The van der Waals surface area contributed by atoms with Crippen LogP contribution in [0.5, 0.6) is 0 Å². The molecule has 1 aliphatic rings. The van der Waals surface area contributed by atoms with E-state index in [0.717, 1.165) is 30.8 Å². The van der Waals surface area contributed by atoms with E-state index in [4.69, 9.17) is 12.2 Å². The van der Waals surface area contributed by atoms with E-state index < -0.39 is 0 Å². The molecule has 0 bridgehead atoms. The molecule has 0 aliphatic carbocycles. The molecule has 5 nitrogen and oxygen atoms in total. The molecular formula is C17H20N4OS2. The second kappa shape index (κ2) is 8.12. The molecule has 0 radical (unpaired) electrons. The fraction of sp³-hybridized carbons (Fsp3) is 0.294. The first-order valence-corrected chi connectivity index (χ1v) is 9.14. The summed E-state index contributed by atoms with van der Waals surface area (Å²) in [6.45, 7) is 3.59. The summed E-state index contributed by atoms with van der Waals surface area (Å²) in [5, 5.41) is 11.9. The Morgan fingerprint density at radius 2 is 1.92 bits per heavy atom. The van der Waals surface area contributed by atoms with Crippen LogP contribution < -0.4 is 16.0 Å². The maximum Gasteiger partial charge on any atom is 0.317 e. The Morgan fingerprint density at radius 3 is 2.58 bits per heavy atom. The van der Waals surface area contributed by atoms with Gasteiger partial charge < -0.3 is 20.9 Å². The fourth-order valence-corrected chi connectivity index (χ4v) is 3.26. The number of hydrogen-bond acceptors (Lipinski definition) is 3. The lowest BCUT2D eigenvalue weighted by Gasteiger charge is -2.14. The number of carbonyl (C=O) groups is 1. The van der Waals surface area contributed by atoms with Gasteiger partial charge in [0.2, 0.25) is 0 Å². The Balaban J connectivity index is 1.42. The molecule has 3 rings (SSSR count). The molecule has 3 N–H and O–H groups in total. The third-order valence-corrected chi connectivity index (χ3v) is 4.96. The lowest BCUT2D eigenvalue weighted by Crippen LogP contribution is -2.34. The second-order valence-electron chi connectivity index (χ2n) is 5.59. The topological polar surface area (TPSA) is 56.4 Å². The van der Waals surface area contributed by atoms with Gasteiger partial charge in [0.25, 0.3) is 0 Å². The van der Waals surface area contributed by atoms with E-state index in [2.05, 4.69) is 51.7 Å². The highest BCUT2D eigenvalue weighted by molar-refractivity contribution is 7.80. The first kappa shape index (κ1) is 16.7. The first-order chi connectivity index (χ1) is 11.7. The van der Waals surface area contributed by atoms with Crippen LogP contribution in [0, 0.1) is 0 Å². The van der Waals surface area contributed by atoms with Crippen molar-refractivity contribution in [3.63, 3.8) is 0 Å². The maximum atomic E-state index is 11.6. The highest BCUT2D eigenvalue weighted by Crippen LogP contribution is 2.10. The minimum atomic E-state index is 0.0166. The first-order valence-electron chi connectivity index (χ1n) is 7.85. The average Bonchev–Trinajstić information content (AvgIpc) is 3.25. The van der Waals surface area contributed by atoms with Gasteiger partial charge in [-0.15, -0.1) is 11.3 Å². The van der Waals surface area contributed by atoms with Gasteiger partial charge in [-0.2, -0.15) is 0 Å². The molecule has 1 aromatic heterocycles. The van der Waals surface area contributed by atoms with E-state index in [9.17, 15) is 4.79 Å². The van der Waals surface area contributed by atoms with E-state index in [1.807, 2.05) is 11.0 Å². The second-order valence-corrected chi connectivity index (χ2v) is 7.03. The zero-order chi connectivity index (χ0) is 16.8. The van der Waals surface area contributed by atoms with Crippen LogP contribution in [0.15, 0.2) is 41.8 Å². The van der Waals surface area contributed by atoms with Crippen LogP contribution >= 0.6 is 23.6 Å². The molecule has 2 aromatic rings. The van der Waals surface area contributed by atoms with E-state index in [-0.39, 0.29) is 6.03 Å². The Hall–Kier alpha value is -2.12. The summed E-state index contributed by atoms with van der Waals surface area (Å²) in [7, 11) is 0. The number of thiophene rings is 1. The predicted molar refractivity (Wildman–Crippen MR) is 101 cm³/mol. The third kappa shape index (κ3) is 4.69. The van der Waals surface area contributed by atoms with Gasteiger partial charge in [-0.25, -0.2) is 4.79 Å². The Morgan fingerprint density at radius 1 is 1.17 bits per heavy atom. The molecule has 126 valence electrons. The molecule has 0 spiro atoms. The third-order valence-electron chi connectivity index (χ3n) is 3.80. The van der Waals surface area contributed by atoms with Crippen molar-refractivity contribution in [2.24, 2.45) is 0 Å². The molecule has 0 unspecified atom stereocenters. The van der Waals surface area contributed by atoms with Gasteiger partial charge in [-0.3, -0.25) is 0 Å². The van der Waals surface area contributed by atoms with Crippen molar-refractivity contribution < 1.29 is 4.79 Å². The van der Waals surface area contributed by atoms with Gasteiger partial charge in [0.05, 0.1) is 6.54 Å². The molecule has 1 saturated heterocycles. The highest BCUT2D eigenvalue weighted by atomic mass is 32.1. The summed E-state index contributed by atoms with van der Waals surface area (Å²) >= 11 is 7.00. The van der Waals surface area contributed by atoms with E-state index >= 15 is 0 Å². The van der Waals surface area contributed by atoms with Gasteiger partial charge in [0.15, 0.2) is 5.11 Å². The summed E-state index contributed by atoms with van der Waals surface area (Å²) in [5.41, 5.74) is 2.29. The van der Waals surface area contributed by atoms with Crippen LogP contribution in [0.3, 0.4) is 0 Å². The fourth-order valence-electron chi connectivity index (χ4n) is 2.47. The molecule has 0 atom stereocenters. The monoisotopic (exact) mass is 360 g/mol. The maximum absolute atomic E-state index is 11.6. The van der Waals surface area contributed by atoms with E-state index in [1.54, 1.807) is 11.3 Å². The predicted octanol–water partition coefficient (Wildman–Crippen LogP) is 2.44.